The normalized spacial score (nSPS) is 13.0. The molecule has 8 heteroatoms. The number of aryl methyl sites for hydroxylation is 2. The highest BCUT2D eigenvalue weighted by Gasteiger charge is 2.24. The van der Waals surface area contributed by atoms with Gasteiger partial charge in [-0.05, 0) is 38.5 Å². The predicted molar refractivity (Wildman–Crippen MR) is 80.0 cm³/mol. The molecule has 0 spiro atoms. The van der Waals surface area contributed by atoms with E-state index < -0.39 is 21.0 Å². The molecule has 0 aliphatic heterocycles. The van der Waals surface area contributed by atoms with Gasteiger partial charge in [0.2, 0.25) is 10.0 Å². The highest BCUT2D eigenvalue weighted by atomic mass is 32.2. The average Bonchev–Trinajstić information content (AvgIpc) is 2.85. The van der Waals surface area contributed by atoms with Crippen molar-refractivity contribution in [3.05, 3.63) is 57.5 Å². The average molecular weight is 324 g/mol. The maximum Gasteiger partial charge on any atom is 0.270 e. The summed E-state index contributed by atoms with van der Waals surface area (Å²) in [5, 5.41) is 10.8. The van der Waals surface area contributed by atoms with Crippen LogP contribution in [0.15, 0.2) is 39.6 Å². The molecule has 22 heavy (non-hydrogen) atoms. The highest BCUT2D eigenvalue weighted by molar-refractivity contribution is 7.89. The Labute approximate surface area is 128 Å². The van der Waals surface area contributed by atoms with E-state index in [-0.39, 0.29) is 10.6 Å². The maximum atomic E-state index is 12.4. The minimum absolute atomic E-state index is 0.114. The minimum atomic E-state index is -3.90. The number of nitrogens with one attached hydrogen (secondary N) is 1. The van der Waals surface area contributed by atoms with Gasteiger partial charge in [0.25, 0.3) is 5.69 Å². The van der Waals surface area contributed by atoms with Crippen molar-refractivity contribution in [2.75, 3.05) is 0 Å². The Morgan fingerprint density at radius 2 is 1.91 bits per heavy atom. The number of nitrogens with zero attached hydrogens (tertiary/aromatic N) is 1. The summed E-state index contributed by atoms with van der Waals surface area (Å²) in [7, 11) is -3.90. The van der Waals surface area contributed by atoms with Crippen LogP contribution in [0.2, 0.25) is 0 Å². The first-order valence-corrected chi connectivity index (χ1v) is 8.03. The molecule has 1 atom stereocenters. The molecule has 0 fully saturated rings. The van der Waals surface area contributed by atoms with Crippen LogP contribution < -0.4 is 4.72 Å². The van der Waals surface area contributed by atoms with Gasteiger partial charge in [-0.2, -0.15) is 0 Å². The summed E-state index contributed by atoms with van der Waals surface area (Å²) in [4.78, 5) is 10.1. The van der Waals surface area contributed by atoms with Crippen LogP contribution in [0.25, 0.3) is 0 Å². The zero-order valence-corrected chi connectivity index (χ0v) is 13.2. The fourth-order valence-corrected chi connectivity index (χ4v) is 3.51. The smallest absolute Gasteiger partial charge is 0.270 e. The Morgan fingerprint density at radius 1 is 1.23 bits per heavy atom. The Kier molecular flexibility index (Phi) is 4.34. The second-order valence-electron chi connectivity index (χ2n) is 5.00. The number of rotatable bonds is 5. The van der Waals surface area contributed by atoms with E-state index in [2.05, 4.69) is 4.72 Å². The molecular weight excluding hydrogens is 308 g/mol. The number of non-ortho nitro benzene ring substituents is 1. The van der Waals surface area contributed by atoms with E-state index in [0.717, 1.165) is 6.07 Å². The first kappa shape index (κ1) is 16.2. The lowest BCUT2D eigenvalue weighted by Gasteiger charge is -2.13. The molecule has 2 rings (SSSR count). The lowest BCUT2D eigenvalue weighted by molar-refractivity contribution is -0.385. The first-order chi connectivity index (χ1) is 10.2. The number of sulfonamides is 1. The zero-order valence-electron chi connectivity index (χ0n) is 12.4. The Hall–Kier alpha value is -2.19. The summed E-state index contributed by atoms with van der Waals surface area (Å²) in [6.07, 6.45) is 0. The quantitative estimate of drug-likeness (QED) is 0.673. The Bertz CT molecular complexity index is 810. The lowest BCUT2D eigenvalue weighted by atomic mass is 10.2. The van der Waals surface area contributed by atoms with Crippen molar-refractivity contribution in [2.45, 2.75) is 31.7 Å². The predicted octanol–water partition coefficient (Wildman–Crippen LogP) is 2.84. The van der Waals surface area contributed by atoms with Crippen molar-refractivity contribution in [2.24, 2.45) is 0 Å². The fraction of sp³-hybridized carbons (Fsp3) is 0.286. The molecule has 1 N–H and O–H groups in total. The van der Waals surface area contributed by atoms with E-state index in [1.807, 2.05) is 0 Å². The molecule has 1 aromatic heterocycles. The molecular formula is C14H16N2O5S. The topological polar surface area (TPSA) is 102 Å². The Balaban J connectivity index is 2.34. The van der Waals surface area contributed by atoms with Crippen molar-refractivity contribution in [1.82, 2.24) is 4.72 Å². The van der Waals surface area contributed by atoms with E-state index in [1.54, 1.807) is 32.9 Å². The van der Waals surface area contributed by atoms with E-state index in [4.69, 9.17) is 4.42 Å². The maximum absolute atomic E-state index is 12.4. The molecule has 1 unspecified atom stereocenters. The summed E-state index contributed by atoms with van der Waals surface area (Å²) >= 11 is 0. The zero-order chi connectivity index (χ0) is 16.5. The highest BCUT2D eigenvalue weighted by Crippen LogP contribution is 2.24. The second-order valence-corrected chi connectivity index (χ2v) is 6.68. The van der Waals surface area contributed by atoms with Gasteiger partial charge in [-0.1, -0.05) is 6.07 Å². The number of furan rings is 1. The van der Waals surface area contributed by atoms with Gasteiger partial charge in [0.1, 0.15) is 11.5 Å². The van der Waals surface area contributed by atoms with Crippen LogP contribution in [0.1, 0.15) is 30.0 Å². The summed E-state index contributed by atoms with van der Waals surface area (Å²) < 4.78 is 32.7. The summed E-state index contributed by atoms with van der Waals surface area (Å²) in [5.74, 6) is 1.15. The molecule has 0 aliphatic rings. The van der Waals surface area contributed by atoms with Crippen molar-refractivity contribution >= 4 is 15.7 Å². The molecule has 0 saturated heterocycles. The van der Waals surface area contributed by atoms with Crippen LogP contribution in [0.4, 0.5) is 5.69 Å². The SMILES string of the molecule is Cc1ccc(C(C)NS(=O)(=O)c2cc([N+](=O)[O-])ccc2C)o1. The van der Waals surface area contributed by atoms with Crippen molar-refractivity contribution < 1.29 is 17.8 Å². The van der Waals surface area contributed by atoms with Gasteiger partial charge in [0, 0.05) is 12.1 Å². The van der Waals surface area contributed by atoms with Gasteiger partial charge in [-0.3, -0.25) is 10.1 Å². The number of hydrogen-bond acceptors (Lipinski definition) is 5. The molecule has 0 saturated carbocycles. The van der Waals surface area contributed by atoms with Crippen LogP contribution in [-0.4, -0.2) is 13.3 Å². The molecule has 1 heterocycles. The molecule has 118 valence electrons. The number of nitro benzene ring substituents is 1. The standard InChI is InChI=1S/C14H16N2O5S/c1-9-4-6-12(16(17)18)8-14(9)22(19,20)15-11(3)13-7-5-10(2)21-13/h4-8,11,15H,1-3H3. The van der Waals surface area contributed by atoms with Crippen molar-refractivity contribution in [3.8, 4) is 0 Å². The summed E-state index contributed by atoms with van der Waals surface area (Å²) in [5.41, 5.74) is 0.161. The van der Waals surface area contributed by atoms with E-state index in [0.29, 0.717) is 17.1 Å². The fourth-order valence-electron chi connectivity index (χ4n) is 2.03. The number of hydrogen-bond donors (Lipinski definition) is 1. The van der Waals surface area contributed by atoms with Gasteiger partial charge in [0.05, 0.1) is 15.9 Å². The van der Waals surface area contributed by atoms with Gasteiger partial charge < -0.3 is 4.42 Å². The number of benzene rings is 1. The summed E-state index contributed by atoms with van der Waals surface area (Å²) in [6, 6.07) is 6.57. The van der Waals surface area contributed by atoms with Gasteiger partial charge in [-0.25, -0.2) is 13.1 Å². The third-order valence-corrected chi connectivity index (χ3v) is 4.87. The third-order valence-electron chi connectivity index (χ3n) is 3.19. The molecule has 2 aromatic rings. The monoisotopic (exact) mass is 324 g/mol. The van der Waals surface area contributed by atoms with Crippen molar-refractivity contribution in [1.29, 1.82) is 0 Å². The van der Waals surface area contributed by atoms with Crippen LogP contribution >= 0.6 is 0 Å². The number of nitro groups is 1. The van der Waals surface area contributed by atoms with Crippen LogP contribution in [0.5, 0.6) is 0 Å². The molecule has 0 amide bonds. The van der Waals surface area contributed by atoms with E-state index >= 15 is 0 Å². The van der Waals surface area contributed by atoms with Crippen molar-refractivity contribution in [3.63, 3.8) is 0 Å². The lowest BCUT2D eigenvalue weighted by Crippen LogP contribution is -2.27. The van der Waals surface area contributed by atoms with Crippen LogP contribution in [0, 0.1) is 24.0 Å². The minimum Gasteiger partial charge on any atom is -0.465 e. The third kappa shape index (κ3) is 3.34. The van der Waals surface area contributed by atoms with E-state index in [9.17, 15) is 18.5 Å². The summed E-state index contributed by atoms with van der Waals surface area (Å²) in [6.45, 7) is 4.98. The largest absolute Gasteiger partial charge is 0.465 e. The molecule has 1 aromatic carbocycles. The Morgan fingerprint density at radius 3 is 2.45 bits per heavy atom. The molecule has 7 nitrogen and oxygen atoms in total. The molecule has 0 aliphatic carbocycles. The molecule has 0 bridgehead atoms. The van der Waals surface area contributed by atoms with Gasteiger partial charge in [0.15, 0.2) is 0 Å². The van der Waals surface area contributed by atoms with Crippen LogP contribution in [0.3, 0.4) is 0 Å². The van der Waals surface area contributed by atoms with Gasteiger partial charge >= 0.3 is 0 Å². The van der Waals surface area contributed by atoms with Gasteiger partial charge in [-0.15, -0.1) is 0 Å². The first-order valence-electron chi connectivity index (χ1n) is 6.54. The second kappa shape index (κ2) is 5.90. The molecule has 0 radical (unpaired) electrons. The van der Waals surface area contributed by atoms with Crippen LogP contribution in [-0.2, 0) is 10.0 Å². The van der Waals surface area contributed by atoms with E-state index in [1.165, 1.54) is 12.1 Å².